The summed E-state index contributed by atoms with van der Waals surface area (Å²) < 4.78 is 0. The summed E-state index contributed by atoms with van der Waals surface area (Å²) in [7, 11) is 0. The van der Waals surface area contributed by atoms with Crippen LogP contribution in [0.15, 0.2) is 24.5 Å². The van der Waals surface area contributed by atoms with Crippen LogP contribution in [0.5, 0.6) is 0 Å². The Morgan fingerprint density at radius 1 is 1.24 bits per heavy atom. The van der Waals surface area contributed by atoms with E-state index in [2.05, 4.69) is 25.8 Å². The normalized spacial score (nSPS) is 16.5. The number of hydrogen-bond donors (Lipinski definition) is 1. The molecule has 1 aromatic rings. The summed E-state index contributed by atoms with van der Waals surface area (Å²) in [6.07, 6.45) is 7.94. The highest BCUT2D eigenvalue weighted by Crippen LogP contribution is 2.28. The van der Waals surface area contributed by atoms with Gasteiger partial charge in [-0.25, -0.2) is 0 Å². The third kappa shape index (κ3) is 4.12. The number of aromatic nitrogens is 1. The third-order valence-electron chi connectivity index (χ3n) is 3.68. The van der Waals surface area contributed by atoms with E-state index in [9.17, 15) is 5.11 Å². The first-order valence-electron chi connectivity index (χ1n) is 6.78. The van der Waals surface area contributed by atoms with Gasteiger partial charge in [0.1, 0.15) is 0 Å². The van der Waals surface area contributed by atoms with Crippen molar-refractivity contribution in [3.8, 4) is 0 Å². The molecule has 1 rings (SSSR count). The van der Waals surface area contributed by atoms with Crippen LogP contribution in [-0.4, -0.2) is 16.2 Å². The van der Waals surface area contributed by atoms with Crippen molar-refractivity contribution in [3.05, 3.63) is 30.1 Å². The standard InChI is InChI=1S/C15H25NO/c1-4-6-7-13(5-2)15(17)12(3)14-8-10-16-11-9-14/h8-13,15,17H,4-7H2,1-3H3. The minimum Gasteiger partial charge on any atom is -0.392 e. The first kappa shape index (κ1) is 14.2. The van der Waals surface area contributed by atoms with Gasteiger partial charge in [-0.05, 0) is 30.0 Å². The lowest BCUT2D eigenvalue weighted by atomic mass is 9.83. The number of hydrogen-bond acceptors (Lipinski definition) is 2. The van der Waals surface area contributed by atoms with Crippen LogP contribution in [0.2, 0.25) is 0 Å². The quantitative estimate of drug-likeness (QED) is 0.780. The Balaban J connectivity index is 2.63. The molecule has 3 atom stereocenters. The molecule has 0 radical (unpaired) electrons. The minimum absolute atomic E-state index is 0.194. The minimum atomic E-state index is -0.242. The zero-order valence-electron chi connectivity index (χ0n) is 11.3. The number of pyridine rings is 1. The molecule has 96 valence electrons. The summed E-state index contributed by atoms with van der Waals surface area (Å²) in [5.74, 6) is 0.609. The molecule has 1 N–H and O–H groups in total. The molecule has 0 saturated carbocycles. The van der Waals surface area contributed by atoms with Gasteiger partial charge in [0.2, 0.25) is 0 Å². The van der Waals surface area contributed by atoms with E-state index < -0.39 is 0 Å². The van der Waals surface area contributed by atoms with Crippen LogP contribution >= 0.6 is 0 Å². The molecule has 2 nitrogen and oxygen atoms in total. The first-order valence-corrected chi connectivity index (χ1v) is 6.78. The predicted octanol–water partition coefficient (Wildman–Crippen LogP) is 3.76. The molecule has 0 saturated heterocycles. The fourth-order valence-corrected chi connectivity index (χ4v) is 2.36. The lowest BCUT2D eigenvalue weighted by Gasteiger charge is -2.27. The maximum atomic E-state index is 10.4. The highest BCUT2D eigenvalue weighted by molar-refractivity contribution is 5.16. The molecule has 0 aliphatic rings. The number of unbranched alkanes of at least 4 members (excludes halogenated alkanes) is 1. The molecular weight excluding hydrogens is 210 g/mol. The molecule has 1 aromatic heterocycles. The fraction of sp³-hybridized carbons (Fsp3) is 0.667. The molecule has 0 fully saturated rings. The van der Waals surface area contributed by atoms with Crippen LogP contribution in [0.1, 0.15) is 57.9 Å². The molecule has 1 heterocycles. The number of nitrogens with zero attached hydrogens (tertiary/aromatic N) is 1. The second kappa shape index (κ2) is 7.44. The average Bonchev–Trinajstić information content (AvgIpc) is 2.39. The van der Waals surface area contributed by atoms with Gasteiger partial charge in [0.25, 0.3) is 0 Å². The van der Waals surface area contributed by atoms with Gasteiger partial charge < -0.3 is 5.11 Å². The summed E-state index contributed by atoms with van der Waals surface area (Å²) in [6.45, 7) is 6.48. The van der Waals surface area contributed by atoms with E-state index >= 15 is 0 Å². The summed E-state index contributed by atoms with van der Waals surface area (Å²) in [4.78, 5) is 4.02. The molecule has 2 heteroatoms. The van der Waals surface area contributed by atoms with Crippen LogP contribution in [-0.2, 0) is 0 Å². The van der Waals surface area contributed by atoms with Crippen molar-refractivity contribution in [1.29, 1.82) is 0 Å². The second-order valence-corrected chi connectivity index (χ2v) is 4.87. The topological polar surface area (TPSA) is 33.1 Å². The SMILES string of the molecule is CCCCC(CC)C(O)C(C)c1ccncc1. The molecule has 0 aromatic carbocycles. The lowest BCUT2D eigenvalue weighted by Crippen LogP contribution is -2.26. The maximum Gasteiger partial charge on any atom is 0.0634 e. The van der Waals surface area contributed by atoms with Crippen LogP contribution < -0.4 is 0 Å². The highest BCUT2D eigenvalue weighted by atomic mass is 16.3. The Morgan fingerprint density at radius 2 is 1.88 bits per heavy atom. The van der Waals surface area contributed by atoms with E-state index in [1.54, 1.807) is 12.4 Å². The van der Waals surface area contributed by atoms with E-state index in [1.165, 1.54) is 18.4 Å². The molecule has 0 aliphatic carbocycles. The first-order chi connectivity index (χ1) is 8.20. The number of rotatable bonds is 7. The molecule has 0 spiro atoms. The maximum absolute atomic E-state index is 10.4. The van der Waals surface area contributed by atoms with Crippen LogP contribution in [0.25, 0.3) is 0 Å². The van der Waals surface area contributed by atoms with Crippen molar-refractivity contribution in [2.45, 2.75) is 58.5 Å². The summed E-state index contributed by atoms with van der Waals surface area (Å²) in [6, 6.07) is 4.00. The Kier molecular flexibility index (Phi) is 6.20. The number of aliphatic hydroxyl groups excluding tert-OH is 1. The molecule has 0 aliphatic heterocycles. The Hall–Kier alpha value is -0.890. The zero-order valence-corrected chi connectivity index (χ0v) is 11.3. The number of aliphatic hydroxyl groups is 1. The van der Waals surface area contributed by atoms with Crippen molar-refractivity contribution in [2.24, 2.45) is 5.92 Å². The van der Waals surface area contributed by atoms with Gasteiger partial charge in [0.05, 0.1) is 6.10 Å². The van der Waals surface area contributed by atoms with E-state index in [-0.39, 0.29) is 12.0 Å². The van der Waals surface area contributed by atoms with Crippen LogP contribution in [0.4, 0.5) is 0 Å². The molecule has 0 amide bonds. The van der Waals surface area contributed by atoms with Gasteiger partial charge in [0, 0.05) is 18.3 Å². The van der Waals surface area contributed by atoms with Gasteiger partial charge >= 0.3 is 0 Å². The van der Waals surface area contributed by atoms with Gasteiger partial charge in [-0.3, -0.25) is 4.98 Å². The fourth-order valence-electron chi connectivity index (χ4n) is 2.36. The van der Waals surface area contributed by atoms with Gasteiger partial charge in [0.15, 0.2) is 0 Å². The van der Waals surface area contributed by atoms with Crippen molar-refractivity contribution in [3.63, 3.8) is 0 Å². The lowest BCUT2D eigenvalue weighted by molar-refractivity contribution is 0.0773. The molecule has 0 bridgehead atoms. The Morgan fingerprint density at radius 3 is 2.41 bits per heavy atom. The van der Waals surface area contributed by atoms with E-state index in [0.717, 1.165) is 12.8 Å². The van der Waals surface area contributed by atoms with Crippen LogP contribution in [0, 0.1) is 5.92 Å². The van der Waals surface area contributed by atoms with E-state index in [1.807, 2.05) is 12.1 Å². The van der Waals surface area contributed by atoms with E-state index in [4.69, 9.17) is 0 Å². The van der Waals surface area contributed by atoms with Gasteiger partial charge in [-0.15, -0.1) is 0 Å². The third-order valence-corrected chi connectivity index (χ3v) is 3.68. The van der Waals surface area contributed by atoms with Crippen molar-refractivity contribution in [2.75, 3.05) is 0 Å². The van der Waals surface area contributed by atoms with Gasteiger partial charge in [-0.2, -0.15) is 0 Å². The van der Waals surface area contributed by atoms with Gasteiger partial charge in [-0.1, -0.05) is 40.0 Å². The average molecular weight is 235 g/mol. The molecule has 3 unspecified atom stereocenters. The summed E-state index contributed by atoms with van der Waals surface area (Å²) >= 11 is 0. The molecule has 17 heavy (non-hydrogen) atoms. The van der Waals surface area contributed by atoms with Crippen molar-refractivity contribution in [1.82, 2.24) is 4.98 Å². The highest BCUT2D eigenvalue weighted by Gasteiger charge is 2.23. The smallest absolute Gasteiger partial charge is 0.0634 e. The monoisotopic (exact) mass is 235 g/mol. The molecular formula is C15H25NO. The Bertz CT molecular complexity index is 299. The zero-order chi connectivity index (χ0) is 12.7. The predicted molar refractivity (Wildman–Crippen MR) is 72.0 cm³/mol. The summed E-state index contributed by atoms with van der Waals surface area (Å²) in [5, 5.41) is 10.4. The summed E-state index contributed by atoms with van der Waals surface area (Å²) in [5.41, 5.74) is 1.18. The van der Waals surface area contributed by atoms with Crippen molar-refractivity contribution >= 4 is 0 Å². The van der Waals surface area contributed by atoms with Crippen LogP contribution in [0.3, 0.4) is 0 Å². The largest absolute Gasteiger partial charge is 0.392 e. The Labute approximate surface area is 105 Å². The second-order valence-electron chi connectivity index (χ2n) is 4.87. The van der Waals surface area contributed by atoms with Crippen molar-refractivity contribution < 1.29 is 5.11 Å². The van der Waals surface area contributed by atoms with E-state index in [0.29, 0.717) is 5.92 Å².